The molecular formula is C33H39B2Cl. The number of allylic oxidation sites excluding steroid dienone is 8. The highest BCUT2D eigenvalue weighted by Gasteiger charge is 2.51. The van der Waals surface area contributed by atoms with E-state index >= 15 is 0 Å². The number of rotatable bonds is 3. The Morgan fingerprint density at radius 3 is 2.03 bits per heavy atom. The molecule has 4 rings (SSSR count). The molecule has 36 heavy (non-hydrogen) atoms. The van der Waals surface area contributed by atoms with E-state index in [1.54, 1.807) is 0 Å². The molecule has 0 bridgehead atoms. The van der Waals surface area contributed by atoms with Gasteiger partial charge < -0.3 is 0 Å². The van der Waals surface area contributed by atoms with Crippen LogP contribution in [-0.2, 0) is 10.8 Å². The Bertz CT molecular complexity index is 1210. The van der Waals surface area contributed by atoms with E-state index in [1.165, 1.54) is 63.7 Å². The molecule has 0 aromatic heterocycles. The summed E-state index contributed by atoms with van der Waals surface area (Å²) in [6.45, 7) is 28.5. The highest BCUT2D eigenvalue weighted by atomic mass is 35.5. The van der Waals surface area contributed by atoms with Gasteiger partial charge in [-0.1, -0.05) is 106 Å². The molecular weight excluding hydrogens is 453 g/mol. The van der Waals surface area contributed by atoms with Crippen LogP contribution in [0.25, 0.3) is 11.1 Å². The fraction of sp³-hybridized carbons (Fsp3) is 0.273. The molecule has 0 N–H and O–H groups in total. The first-order valence-corrected chi connectivity index (χ1v) is 12.6. The van der Waals surface area contributed by atoms with Gasteiger partial charge in [0.25, 0.3) is 0 Å². The highest BCUT2D eigenvalue weighted by Crippen LogP contribution is 2.62. The third kappa shape index (κ3) is 4.69. The summed E-state index contributed by atoms with van der Waals surface area (Å²) in [4.78, 5) is 0. The summed E-state index contributed by atoms with van der Waals surface area (Å²) in [5.41, 5.74) is 10.7. The summed E-state index contributed by atoms with van der Waals surface area (Å²) >= 11 is 6.49. The topological polar surface area (TPSA) is 0 Å². The maximum absolute atomic E-state index is 6.49. The van der Waals surface area contributed by atoms with E-state index < -0.39 is 5.41 Å². The molecule has 0 amide bonds. The smallest absolute Gasteiger partial charge is 0.0713 e. The third-order valence-electron chi connectivity index (χ3n) is 6.97. The SMILES string of the molecule is C=C.C=CC1=CC(=CC)C(C)(C)c2cc(C)cc3c2C1(/C(C=C)=C/C)c1ccc(Cl)cc1-3.[B]C.[B]C. The molecule has 2 aromatic carbocycles. The molecule has 2 aliphatic rings. The Balaban J connectivity index is 0.00000101. The molecule has 2 aliphatic carbocycles. The van der Waals surface area contributed by atoms with Gasteiger partial charge in [0.05, 0.1) is 21.1 Å². The van der Waals surface area contributed by atoms with Crippen molar-refractivity contribution in [3.05, 3.63) is 131 Å². The summed E-state index contributed by atoms with van der Waals surface area (Å²) in [6, 6.07) is 11.0. The molecule has 0 saturated carbocycles. The lowest BCUT2D eigenvalue weighted by molar-refractivity contribution is 0.626. The number of hydrogen-bond donors (Lipinski definition) is 0. The summed E-state index contributed by atoms with van der Waals surface area (Å²) in [6.07, 6.45) is 10.8. The maximum Gasteiger partial charge on any atom is 0.0713 e. The number of hydrogen-bond acceptors (Lipinski definition) is 0. The van der Waals surface area contributed by atoms with Crippen molar-refractivity contribution in [1.82, 2.24) is 0 Å². The zero-order valence-corrected chi connectivity index (χ0v) is 23.9. The minimum absolute atomic E-state index is 0.146. The Morgan fingerprint density at radius 1 is 0.917 bits per heavy atom. The number of halogens is 1. The van der Waals surface area contributed by atoms with Crippen LogP contribution in [0.2, 0.25) is 18.7 Å². The predicted molar refractivity (Wildman–Crippen MR) is 166 cm³/mol. The van der Waals surface area contributed by atoms with Crippen molar-refractivity contribution in [3.63, 3.8) is 0 Å². The van der Waals surface area contributed by atoms with E-state index in [1.807, 2.05) is 18.2 Å². The van der Waals surface area contributed by atoms with Gasteiger partial charge in [-0.15, -0.1) is 13.2 Å². The van der Waals surface area contributed by atoms with Gasteiger partial charge in [-0.3, -0.25) is 0 Å². The second-order valence-electron chi connectivity index (χ2n) is 8.80. The standard InChI is InChI=1S/C29H29Cl.C2H4.2CH3B/c1-8-19(9-2)29-21(11-4)16-20(10-3)28(6,7)26-15-18(5)14-24(27(26)29)23-17-22(30)12-13-25(23)29;3*1-2/h8-17H,1,4H2,2-3,5-7H3;1-2H2;2*1H3/b19-9+,20-10?;;;. The van der Waals surface area contributed by atoms with Crippen LogP contribution in [0.4, 0.5) is 0 Å². The molecule has 0 saturated heterocycles. The zero-order valence-electron chi connectivity index (χ0n) is 23.1. The quantitative estimate of drug-likeness (QED) is 0.227. The Hall–Kier alpha value is -2.70. The number of aryl methyl sites for hydroxylation is 1. The van der Waals surface area contributed by atoms with E-state index in [0.29, 0.717) is 0 Å². The van der Waals surface area contributed by atoms with Crippen molar-refractivity contribution in [2.24, 2.45) is 0 Å². The lowest BCUT2D eigenvalue weighted by atomic mass is 9.64. The van der Waals surface area contributed by atoms with Gasteiger partial charge >= 0.3 is 0 Å². The van der Waals surface area contributed by atoms with Gasteiger partial charge in [0, 0.05) is 10.4 Å². The number of fused-ring (bicyclic) bond motifs is 3. The van der Waals surface area contributed by atoms with E-state index in [-0.39, 0.29) is 5.41 Å². The molecule has 4 radical (unpaired) electrons. The molecule has 2 aromatic rings. The minimum atomic E-state index is -0.446. The first-order chi connectivity index (χ1) is 17.3. The molecule has 0 heterocycles. The fourth-order valence-corrected chi connectivity index (χ4v) is 5.79. The Morgan fingerprint density at radius 2 is 1.53 bits per heavy atom. The van der Waals surface area contributed by atoms with Gasteiger partial charge in [0.1, 0.15) is 0 Å². The van der Waals surface area contributed by atoms with Crippen LogP contribution < -0.4 is 0 Å². The lowest BCUT2D eigenvalue weighted by Gasteiger charge is -2.37. The summed E-state index contributed by atoms with van der Waals surface area (Å²) in [7, 11) is 9.00. The van der Waals surface area contributed by atoms with Crippen LogP contribution in [0, 0.1) is 6.92 Å². The predicted octanol–water partition coefficient (Wildman–Crippen LogP) is 9.61. The molecule has 0 fully saturated rings. The Labute approximate surface area is 228 Å². The van der Waals surface area contributed by atoms with E-state index in [0.717, 1.165) is 5.02 Å². The van der Waals surface area contributed by atoms with Crippen LogP contribution in [0.1, 0.15) is 49.9 Å². The average molecular weight is 493 g/mol. The van der Waals surface area contributed by atoms with E-state index in [4.69, 9.17) is 11.6 Å². The van der Waals surface area contributed by atoms with Crippen molar-refractivity contribution in [2.45, 2.75) is 59.1 Å². The van der Waals surface area contributed by atoms with Gasteiger partial charge in [-0.05, 0) is 77.4 Å². The molecule has 1 atom stereocenters. The maximum atomic E-state index is 6.49. The van der Waals surface area contributed by atoms with Gasteiger partial charge in [-0.25, -0.2) is 0 Å². The lowest BCUT2D eigenvalue weighted by Crippen LogP contribution is -2.31. The van der Waals surface area contributed by atoms with Crippen molar-refractivity contribution >= 4 is 27.3 Å². The third-order valence-corrected chi connectivity index (χ3v) is 7.20. The highest BCUT2D eigenvalue weighted by molar-refractivity contribution is 6.31. The molecule has 1 unspecified atom stereocenters. The fourth-order valence-electron chi connectivity index (χ4n) is 5.62. The largest absolute Gasteiger partial charge is 0.106 e. The molecule has 184 valence electrons. The summed E-state index contributed by atoms with van der Waals surface area (Å²) < 4.78 is 0. The van der Waals surface area contributed by atoms with Crippen LogP contribution in [-0.4, -0.2) is 15.7 Å². The van der Waals surface area contributed by atoms with Crippen LogP contribution in [0.15, 0.2) is 104 Å². The van der Waals surface area contributed by atoms with Crippen LogP contribution >= 0.6 is 11.6 Å². The Kier molecular flexibility index (Phi) is 11.3. The molecule has 0 spiro atoms. The molecule has 0 nitrogen and oxygen atoms in total. The summed E-state index contributed by atoms with van der Waals surface area (Å²) in [5.74, 6) is 0. The average Bonchev–Trinajstić information content (AvgIpc) is 3.13. The number of benzene rings is 2. The summed E-state index contributed by atoms with van der Waals surface area (Å²) in [5, 5.41) is 0.758. The van der Waals surface area contributed by atoms with Crippen LogP contribution in [0.3, 0.4) is 0 Å². The second-order valence-corrected chi connectivity index (χ2v) is 9.23. The zero-order chi connectivity index (χ0) is 27.8. The minimum Gasteiger partial charge on any atom is -0.106 e. The monoisotopic (exact) mass is 492 g/mol. The first kappa shape index (κ1) is 31.3. The normalized spacial score (nSPS) is 19.4. The first-order valence-electron chi connectivity index (χ1n) is 12.2. The van der Waals surface area contributed by atoms with Gasteiger partial charge in [0.15, 0.2) is 0 Å². The van der Waals surface area contributed by atoms with E-state index in [9.17, 15) is 0 Å². The van der Waals surface area contributed by atoms with Crippen molar-refractivity contribution in [2.75, 3.05) is 0 Å². The van der Waals surface area contributed by atoms with Gasteiger partial charge in [-0.2, -0.15) is 0 Å². The van der Waals surface area contributed by atoms with Crippen molar-refractivity contribution in [3.8, 4) is 11.1 Å². The van der Waals surface area contributed by atoms with Crippen molar-refractivity contribution < 1.29 is 0 Å². The van der Waals surface area contributed by atoms with Crippen LogP contribution in [0.5, 0.6) is 0 Å². The molecule has 3 heteroatoms. The van der Waals surface area contributed by atoms with Gasteiger partial charge in [0.2, 0.25) is 0 Å². The van der Waals surface area contributed by atoms with E-state index in [2.05, 4.69) is 119 Å². The van der Waals surface area contributed by atoms with Crippen molar-refractivity contribution in [1.29, 1.82) is 0 Å². The molecule has 0 aliphatic heterocycles. The second kappa shape index (κ2) is 13.0.